The zero-order valence-electron chi connectivity index (χ0n) is 22.0. The van der Waals surface area contributed by atoms with Crippen LogP contribution in [0.4, 0.5) is 0 Å². The predicted molar refractivity (Wildman–Crippen MR) is 153 cm³/mol. The van der Waals surface area contributed by atoms with Gasteiger partial charge in [-0.1, -0.05) is 11.6 Å². The van der Waals surface area contributed by atoms with E-state index < -0.39 is 0 Å². The van der Waals surface area contributed by atoms with Crippen molar-refractivity contribution >= 4 is 22.9 Å². The van der Waals surface area contributed by atoms with E-state index in [9.17, 15) is 0 Å². The fourth-order valence-corrected chi connectivity index (χ4v) is 5.32. The van der Waals surface area contributed by atoms with E-state index in [1.54, 1.807) is 40.2 Å². The van der Waals surface area contributed by atoms with Crippen molar-refractivity contribution in [2.24, 2.45) is 0 Å². The minimum atomic E-state index is 0.454. The lowest BCUT2D eigenvalue weighted by atomic mass is 10.1. The molecule has 3 aromatic carbocycles. The van der Waals surface area contributed by atoms with Gasteiger partial charge >= 0.3 is 0 Å². The van der Waals surface area contributed by atoms with Gasteiger partial charge in [-0.25, -0.2) is 9.67 Å². The summed E-state index contributed by atoms with van der Waals surface area (Å²) in [5, 5.41) is 8.03. The minimum Gasteiger partial charge on any atom is -0.497 e. The third-order valence-corrected chi connectivity index (χ3v) is 7.37. The third kappa shape index (κ3) is 4.98. The van der Waals surface area contributed by atoms with E-state index in [4.69, 9.17) is 45.4 Å². The lowest BCUT2D eigenvalue weighted by molar-refractivity contribution is 0.355. The Hall–Kier alpha value is -4.21. The Labute approximate surface area is 235 Å². The Morgan fingerprint density at radius 3 is 1.82 bits per heavy atom. The van der Waals surface area contributed by atoms with Crippen LogP contribution in [0, 0.1) is 0 Å². The van der Waals surface area contributed by atoms with Crippen LogP contribution >= 0.6 is 22.9 Å². The second-order valence-corrected chi connectivity index (χ2v) is 9.52. The number of thiazole rings is 1. The maximum Gasteiger partial charge on any atom is 0.211 e. The number of hydrogen-bond donors (Lipinski definition) is 0. The van der Waals surface area contributed by atoms with E-state index in [-0.39, 0.29) is 0 Å². The van der Waals surface area contributed by atoms with Gasteiger partial charge in [0, 0.05) is 22.1 Å². The number of nitrogens with zero attached hydrogens (tertiary/aromatic N) is 3. The first kappa shape index (κ1) is 26.4. The molecule has 10 heteroatoms. The Morgan fingerprint density at radius 2 is 1.23 bits per heavy atom. The summed E-state index contributed by atoms with van der Waals surface area (Å²) in [7, 11) is 8.02. The molecule has 0 aliphatic carbocycles. The van der Waals surface area contributed by atoms with Crippen molar-refractivity contribution in [1.29, 1.82) is 0 Å². The monoisotopic (exact) mass is 563 g/mol. The largest absolute Gasteiger partial charge is 0.497 e. The molecular weight excluding hydrogens is 538 g/mol. The normalized spacial score (nSPS) is 10.8. The molecule has 39 heavy (non-hydrogen) atoms. The van der Waals surface area contributed by atoms with Gasteiger partial charge in [0.25, 0.3) is 0 Å². The molecule has 2 heterocycles. The number of rotatable bonds is 9. The molecule has 0 saturated carbocycles. The molecule has 0 saturated heterocycles. The van der Waals surface area contributed by atoms with Crippen LogP contribution in [0.3, 0.4) is 0 Å². The molecule has 0 aliphatic heterocycles. The van der Waals surface area contributed by atoms with E-state index in [0.29, 0.717) is 44.5 Å². The first-order chi connectivity index (χ1) is 19.0. The molecule has 5 rings (SSSR count). The average molecular weight is 564 g/mol. The van der Waals surface area contributed by atoms with Crippen LogP contribution in [0.25, 0.3) is 38.9 Å². The van der Waals surface area contributed by atoms with Crippen LogP contribution in [0.2, 0.25) is 5.02 Å². The van der Waals surface area contributed by atoms with Crippen molar-refractivity contribution in [3.63, 3.8) is 0 Å². The summed E-state index contributed by atoms with van der Waals surface area (Å²) in [6.07, 6.45) is 0. The van der Waals surface area contributed by atoms with E-state index in [0.717, 1.165) is 28.1 Å². The van der Waals surface area contributed by atoms with Crippen LogP contribution in [0.15, 0.2) is 66.0 Å². The van der Waals surface area contributed by atoms with Crippen molar-refractivity contribution < 1.29 is 23.7 Å². The summed E-state index contributed by atoms with van der Waals surface area (Å²) in [6.45, 7) is 0. The Morgan fingerprint density at radius 1 is 0.667 bits per heavy atom. The highest BCUT2D eigenvalue weighted by molar-refractivity contribution is 7.12. The molecule has 0 amide bonds. The van der Waals surface area contributed by atoms with E-state index in [1.165, 1.54) is 11.3 Å². The molecule has 0 radical (unpaired) electrons. The molecule has 8 nitrogen and oxygen atoms in total. The number of benzene rings is 3. The van der Waals surface area contributed by atoms with Crippen LogP contribution < -0.4 is 23.7 Å². The molecule has 0 spiro atoms. The second kappa shape index (κ2) is 11.3. The fraction of sp³-hybridized carbons (Fsp3) is 0.172. The number of methoxy groups -OCH3 is 5. The summed E-state index contributed by atoms with van der Waals surface area (Å²) >= 11 is 8.54. The summed E-state index contributed by atoms with van der Waals surface area (Å²) in [5.41, 5.74) is 4.57. The zero-order chi connectivity index (χ0) is 27.5. The summed E-state index contributed by atoms with van der Waals surface area (Å²) in [6, 6.07) is 18.9. The maximum atomic E-state index is 7.08. The zero-order valence-corrected chi connectivity index (χ0v) is 23.6. The smallest absolute Gasteiger partial charge is 0.211 e. The van der Waals surface area contributed by atoms with Crippen molar-refractivity contribution in [3.8, 4) is 67.7 Å². The fourth-order valence-electron chi connectivity index (χ4n) is 4.19. The van der Waals surface area contributed by atoms with Crippen molar-refractivity contribution in [1.82, 2.24) is 14.8 Å². The molecular formula is C29H26ClN3O5S. The molecule has 0 unspecified atom stereocenters. The van der Waals surface area contributed by atoms with Crippen LogP contribution in [-0.4, -0.2) is 50.3 Å². The molecule has 200 valence electrons. The van der Waals surface area contributed by atoms with Crippen LogP contribution in [0.5, 0.6) is 28.7 Å². The average Bonchev–Trinajstić information content (AvgIpc) is 3.61. The van der Waals surface area contributed by atoms with Gasteiger partial charge in [-0.05, 0) is 60.7 Å². The summed E-state index contributed by atoms with van der Waals surface area (Å²) in [5.74, 6) is 3.15. The topological polar surface area (TPSA) is 76.9 Å². The number of halogens is 1. The van der Waals surface area contributed by atoms with Gasteiger partial charge in [0.2, 0.25) is 5.13 Å². The molecule has 0 N–H and O–H groups in total. The molecule has 5 aromatic rings. The molecule has 0 bridgehead atoms. The lowest BCUT2D eigenvalue weighted by Gasteiger charge is -2.11. The van der Waals surface area contributed by atoms with Crippen molar-refractivity contribution in [3.05, 3.63) is 71.1 Å². The Balaban J connectivity index is 1.68. The third-order valence-electron chi connectivity index (χ3n) is 6.20. The highest BCUT2D eigenvalue weighted by Gasteiger charge is 2.24. The summed E-state index contributed by atoms with van der Waals surface area (Å²) < 4.78 is 29.0. The second-order valence-electron chi connectivity index (χ2n) is 8.31. The van der Waals surface area contributed by atoms with Gasteiger partial charge < -0.3 is 23.7 Å². The number of hydrogen-bond acceptors (Lipinski definition) is 8. The van der Waals surface area contributed by atoms with Crippen LogP contribution in [-0.2, 0) is 0 Å². The molecule has 0 aliphatic rings. The Kier molecular flexibility index (Phi) is 7.63. The molecule has 0 atom stereocenters. The summed E-state index contributed by atoms with van der Waals surface area (Å²) in [4.78, 5) is 4.90. The standard InChI is InChI=1S/C29H26ClN3O5S/c1-34-20-10-6-17(7-11-20)21-16-39-29(31-21)33-28(19-9-13-23(36-3)25(15-19)38-5)26(30)27(32-33)18-8-12-22(35-2)24(14-18)37-4/h6-16H,1-5H3. The van der Waals surface area contributed by atoms with Gasteiger partial charge in [-0.15, -0.1) is 11.3 Å². The van der Waals surface area contributed by atoms with Gasteiger partial charge in [-0.3, -0.25) is 0 Å². The highest BCUT2D eigenvalue weighted by Crippen LogP contribution is 2.43. The van der Waals surface area contributed by atoms with Crippen molar-refractivity contribution in [2.45, 2.75) is 0 Å². The minimum absolute atomic E-state index is 0.454. The predicted octanol–water partition coefficient (Wildman–Crippen LogP) is 7.03. The molecule has 0 fully saturated rings. The highest BCUT2D eigenvalue weighted by atomic mass is 35.5. The van der Waals surface area contributed by atoms with Gasteiger partial charge in [0.05, 0.1) is 52.0 Å². The lowest BCUT2D eigenvalue weighted by Crippen LogP contribution is -2.00. The van der Waals surface area contributed by atoms with Crippen LogP contribution in [0.1, 0.15) is 0 Å². The van der Waals surface area contributed by atoms with Gasteiger partial charge in [-0.2, -0.15) is 5.10 Å². The maximum absolute atomic E-state index is 7.08. The number of ether oxygens (including phenoxy) is 5. The Bertz CT molecular complexity index is 1610. The quantitative estimate of drug-likeness (QED) is 0.190. The number of aromatic nitrogens is 3. The first-order valence-corrected chi connectivity index (χ1v) is 13.1. The SMILES string of the molecule is COc1ccc(-c2csc(-n3nc(-c4ccc(OC)c(OC)c4)c(Cl)c3-c3ccc(OC)c(OC)c3)n2)cc1. The van der Waals surface area contributed by atoms with Gasteiger partial charge in [0.1, 0.15) is 11.4 Å². The van der Waals surface area contributed by atoms with Crippen molar-refractivity contribution in [2.75, 3.05) is 35.5 Å². The molecule has 2 aromatic heterocycles. The van der Waals surface area contributed by atoms with E-state index >= 15 is 0 Å². The van der Waals surface area contributed by atoms with E-state index in [2.05, 4.69) is 0 Å². The van der Waals surface area contributed by atoms with Gasteiger partial charge in [0.15, 0.2) is 23.0 Å². The van der Waals surface area contributed by atoms with E-state index in [1.807, 2.05) is 66.0 Å². The first-order valence-electron chi connectivity index (χ1n) is 11.8.